The number of hydrogen-bond acceptors (Lipinski definition) is 5. The quantitative estimate of drug-likeness (QED) is 0.862. The zero-order valence-electron chi connectivity index (χ0n) is 12.3. The smallest absolute Gasteiger partial charge is 0.147 e. The van der Waals surface area contributed by atoms with Crippen LogP contribution in [0.25, 0.3) is 0 Å². The summed E-state index contributed by atoms with van der Waals surface area (Å²) in [6, 6.07) is 0.583. The van der Waals surface area contributed by atoms with Gasteiger partial charge in [0.05, 0.1) is 11.9 Å². The van der Waals surface area contributed by atoms with Crippen molar-refractivity contribution in [3.63, 3.8) is 0 Å². The predicted molar refractivity (Wildman–Crippen MR) is 78.3 cm³/mol. The van der Waals surface area contributed by atoms with E-state index in [1.807, 2.05) is 12.4 Å². The van der Waals surface area contributed by atoms with Crippen molar-refractivity contribution in [2.45, 2.75) is 32.4 Å². The Kier molecular flexibility index (Phi) is 5.10. The van der Waals surface area contributed by atoms with Crippen LogP contribution in [0.15, 0.2) is 12.4 Å². The molecule has 0 spiro atoms. The summed E-state index contributed by atoms with van der Waals surface area (Å²) in [6.07, 6.45) is 6.11. The van der Waals surface area contributed by atoms with Crippen molar-refractivity contribution < 1.29 is 0 Å². The van der Waals surface area contributed by atoms with E-state index in [-0.39, 0.29) is 0 Å². The van der Waals surface area contributed by atoms with E-state index in [0.717, 1.165) is 24.6 Å². The van der Waals surface area contributed by atoms with E-state index in [9.17, 15) is 0 Å². The molecular weight excluding hydrogens is 238 g/mol. The van der Waals surface area contributed by atoms with Crippen LogP contribution in [-0.2, 0) is 6.54 Å². The maximum atomic E-state index is 4.69. The number of rotatable bonds is 5. The van der Waals surface area contributed by atoms with Crippen LogP contribution in [0.4, 0.5) is 5.82 Å². The Morgan fingerprint density at radius 1 is 1.37 bits per heavy atom. The maximum Gasteiger partial charge on any atom is 0.147 e. The molecule has 2 rings (SSSR count). The molecule has 2 heterocycles. The SMILES string of the molecule is CCNCc1cncc(N(C)C2CCN(C)CC2)n1. The van der Waals surface area contributed by atoms with Gasteiger partial charge >= 0.3 is 0 Å². The Balaban J connectivity index is 1.99. The third-order valence-electron chi connectivity index (χ3n) is 3.83. The van der Waals surface area contributed by atoms with Gasteiger partial charge in [0.15, 0.2) is 0 Å². The minimum absolute atomic E-state index is 0.583. The summed E-state index contributed by atoms with van der Waals surface area (Å²) in [7, 11) is 4.32. The van der Waals surface area contributed by atoms with E-state index in [4.69, 9.17) is 4.98 Å². The number of aromatic nitrogens is 2. The van der Waals surface area contributed by atoms with Crippen molar-refractivity contribution in [1.82, 2.24) is 20.2 Å². The molecule has 0 aromatic carbocycles. The van der Waals surface area contributed by atoms with Gasteiger partial charge in [0, 0.05) is 25.8 Å². The van der Waals surface area contributed by atoms with Gasteiger partial charge in [-0.05, 0) is 39.5 Å². The highest BCUT2D eigenvalue weighted by atomic mass is 15.2. The van der Waals surface area contributed by atoms with Crippen LogP contribution < -0.4 is 10.2 Å². The highest BCUT2D eigenvalue weighted by Crippen LogP contribution is 2.19. The first kappa shape index (κ1) is 14.2. The minimum Gasteiger partial charge on any atom is -0.355 e. The van der Waals surface area contributed by atoms with Gasteiger partial charge in [-0.25, -0.2) is 4.98 Å². The zero-order valence-corrected chi connectivity index (χ0v) is 12.3. The fourth-order valence-corrected chi connectivity index (χ4v) is 2.47. The summed E-state index contributed by atoms with van der Waals surface area (Å²) in [5, 5.41) is 3.29. The molecule has 0 unspecified atom stereocenters. The van der Waals surface area contributed by atoms with Gasteiger partial charge in [-0.15, -0.1) is 0 Å². The summed E-state index contributed by atoms with van der Waals surface area (Å²) >= 11 is 0. The largest absolute Gasteiger partial charge is 0.355 e. The highest BCUT2D eigenvalue weighted by Gasteiger charge is 2.21. The highest BCUT2D eigenvalue weighted by molar-refractivity contribution is 5.36. The molecule has 0 bridgehead atoms. The molecule has 0 radical (unpaired) electrons. The number of nitrogens with zero attached hydrogens (tertiary/aromatic N) is 4. The molecular formula is C14H25N5. The van der Waals surface area contributed by atoms with Gasteiger partial charge in [0.2, 0.25) is 0 Å². The zero-order chi connectivity index (χ0) is 13.7. The molecule has 1 aliphatic rings. The Labute approximate surface area is 116 Å². The molecule has 0 aliphatic carbocycles. The normalized spacial score (nSPS) is 17.6. The van der Waals surface area contributed by atoms with E-state index in [0.29, 0.717) is 6.04 Å². The lowest BCUT2D eigenvalue weighted by atomic mass is 10.0. The van der Waals surface area contributed by atoms with E-state index < -0.39 is 0 Å². The van der Waals surface area contributed by atoms with Crippen molar-refractivity contribution in [2.24, 2.45) is 0 Å². The van der Waals surface area contributed by atoms with Crippen LogP contribution >= 0.6 is 0 Å². The lowest BCUT2D eigenvalue weighted by Crippen LogP contribution is -2.42. The van der Waals surface area contributed by atoms with Gasteiger partial charge in [-0.3, -0.25) is 4.98 Å². The fraction of sp³-hybridized carbons (Fsp3) is 0.714. The molecule has 1 aromatic rings. The monoisotopic (exact) mass is 263 g/mol. The third kappa shape index (κ3) is 3.88. The van der Waals surface area contributed by atoms with Crippen molar-refractivity contribution in [1.29, 1.82) is 0 Å². The molecule has 0 atom stereocenters. The summed E-state index contributed by atoms with van der Waals surface area (Å²) < 4.78 is 0. The van der Waals surface area contributed by atoms with E-state index in [2.05, 4.69) is 41.1 Å². The topological polar surface area (TPSA) is 44.3 Å². The van der Waals surface area contributed by atoms with Crippen molar-refractivity contribution in [3.05, 3.63) is 18.1 Å². The lowest BCUT2D eigenvalue weighted by Gasteiger charge is -2.35. The predicted octanol–water partition coefficient (Wildman–Crippen LogP) is 1.12. The lowest BCUT2D eigenvalue weighted by molar-refractivity contribution is 0.252. The van der Waals surface area contributed by atoms with E-state index in [1.54, 1.807) is 0 Å². The summed E-state index contributed by atoms with van der Waals surface area (Å²) in [6.45, 7) is 6.18. The minimum atomic E-state index is 0.583. The van der Waals surface area contributed by atoms with Crippen LogP contribution in [0, 0.1) is 0 Å². The molecule has 0 amide bonds. The number of nitrogens with one attached hydrogen (secondary N) is 1. The molecule has 5 nitrogen and oxygen atoms in total. The van der Waals surface area contributed by atoms with Gasteiger partial charge in [0.1, 0.15) is 5.82 Å². The van der Waals surface area contributed by atoms with Crippen LogP contribution in [0.1, 0.15) is 25.5 Å². The number of likely N-dealkylation sites (tertiary alicyclic amines) is 1. The van der Waals surface area contributed by atoms with Gasteiger partial charge in [-0.1, -0.05) is 6.92 Å². The summed E-state index contributed by atoms with van der Waals surface area (Å²) in [5.41, 5.74) is 1.01. The van der Waals surface area contributed by atoms with Crippen molar-refractivity contribution >= 4 is 5.82 Å². The number of anilines is 1. The second-order valence-electron chi connectivity index (χ2n) is 5.29. The number of hydrogen-bond donors (Lipinski definition) is 1. The third-order valence-corrected chi connectivity index (χ3v) is 3.83. The van der Waals surface area contributed by atoms with Crippen molar-refractivity contribution in [2.75, 3.05) is 38.6 Å². The standard InChI is InChI=1S/C14H25N5/c1-4-15-9-12-10-16-11-14(17-12)19(3)13-5-7-18(2)8-6-13/h10-11,13,15H,4-9H2,1-3H3. The molecule has 106 valence electrons. The Hall–Kier alpha value is -1.20. The first-order chi connectivity index (χ1) is 9.20. The van der Waals surface area contributed by atoms with Gasteiger partial charge in [0.25, 0.3) is 0 Å². The van der Waals surface area contributed by atoms with Crippen LogP contribution in [0.3, 0.4) is 0 Å². The van der Waals surface area contributed by atoms with Gasteiger partial charge < -0.3 is 15.1 Å². The summed E-state index contributed by atoms with van der Waals surface area (Å²) in [4.78, 5) is 13.7. The second kappa shape index (κ2) is 6.82. The van der Waals surface area contributed by atoms with E-state index in [1.165, 1.54) is 25.9 Å². The molecule has 19 heavy (non-hydrogen) atoms. The first-order valence-corrected chi connectivity index (χ1v) is 7.13. The molecule has 1 aliphatic heterocycles. The molecule has 1 saturated heterocycles. The first-order valence-electron chi connectivity index (χ1n) is 7.13. The van der Waals surface area contributed by atoms with Crippen LogP contribution in [0.5, 0.6) is 0 Å². The van der Waals surface area contributed by atoms with E-state index >= 15 is 0 Å². The Morgan fingerprint density at radius 3 is 2.79 bits per heavy atom. The fourth-order valence-electron chi connectivity index (χ4n) is 2.47. The van der Waals surface area contributed by atoms with Crippen molar-refractivity contribution in [3.8, 4) is 0 Å². The van der Waals surface area contributed by atoms with Gasteiger partial charge in [-0.2, -0.15) is 0 Å². The number of piperidine rings is 1. The molecule has 0 saturated carbocycles. The molecule has 1 N–H and O–H groups in total. The summed E-state index contributed by atoms with van der Waals surface area (Å²) in [5.74, 6) is 0.991. The Bertz CT molecular complexity index is 387. The maximum absolute atomic E-state index is 4.69. The average Bonchev–Trinajstić information content (AvgIpc) is 2.45. The Morgan fingerprint density at radius 2 is 2.11 bits per heavy atom. The van der Waals surface area contributed by atoms with Crippen LogP contribution in [-0.4, -0.2) is 54.6 Å². The van der Waals surface area contributed by atoms with Crippen LogP contribution in [0.2, 0.25) is 0 Å². The average molecular weight is 263 g/mol. The molecule has 1 aromatic heterocycles. The second-order valence-corrected chi connectivity index (χ2v) is 5.29. The molecule has 1 fully saturated rings. The molecule has 5 heteroatoms.